The summed E-state index contributed by atoms with van der Waals surface area (Å²) < 4.78 is 78.9. The molecule has 2 rings (SSSR count). The molecule has 2 aromatic rings. The quantitative estimate of drug-likeness (QED) is 0.538. The zero-order valence-corrected chi connectivity index (χ0v) is 16.1. The molecular formula is C21H20F6N2. The standard InChI is InChI=1S/C21H20F6N2/c1-19(2,3)16-7-4-14(5-8-16)12-29(13-20(22,23)24)17-9-6-15(11-28)18(10-17)21(25,26)27/h4-10H,12-13H2,1-3H3. The van der Waals surface area contributed by atoms with Crippen molar-refractivity contribution >= 4 is 5.69 Å². The van der Waals surface area contributed by atoms with E-state index in [0.717, 1.165) is 22.6 Å². The number of nitrogens with zero attached hydrogens (tertiary/aromatic N) is 2. The third kappa shape index (κ3) is 6.14. The third-order valence-corrected chi connectivity index (χ3v) is 4.36. The van der Waals surface area contributed by atoms with Crippen molar-refractivity contribution in [1.29, 1.82) is 5.26 Å². The van der Waals surface area contributed by atoms with Gasteiger partial charge in [0.05, 0.1) is 17.2 Å². The van der Waals surface area contributed by atoms with Crippen LogP contribution < -0.4 is 4.90 Å². The Morgan fingerprint density at radius 3 is 1.93 bits per heavy atom. The number of nitriles is 1. The number of halogens is 6. The summed E-state index contributed by atoms with van der Waals surface area (Å²) in [6, 6.07) is 10.9. The van der Waals surface area contributed by atoms with E-state index in [4.69, 9.17) is 5.26 Å². The minimum atomic E-state index is -4.85. The molecule has 0 saturated carbocycles. The number of hydrogen-bond acceptors (Lipinski definition) is 2. The van der Waals surface area contributed by atoms with Crippen LogP contribution in [0.25, 0.3) is 0 Å². The second-order valence-corrected chi connectivity index (χ2v) is 7.76. The van der Waals surface area contributed by atoms with Crippen molar-refractivity contribution in [2.24, 2.45) is 0 Å². The molecule has 29 heavy (non-hydrogen) atoms. The number of rotatable bonds is 4. The van der Waals surface area contributed by atoms with Crippen LogP contribution in [0, 0.1) is 11.3 Å². The van der Waals surface area contributed by atoms with Crippen LogP contribution >= 0.6 is 0 Å². The van der Waals surface area contributed by atoms with Gasteiger partial charge < -0.3 is 4.90 Å². The SMILES string of the molecule is CC(C)(C)c1ccc(CN(CC(F)(F)F)c2ccc(C#N)c(C(F)(F)F)c2)cc1. The molecule has 0 aromatic heterocycles. The molecule has 2 nitrogen and oxygen atoms in total. The van der Waals surface area contributed by atoms with Crippen LogP contribution in [-0.4, -0.2) is 12.7 Å². The van der Waals surface area contributed by atoms with Crippen molar-refractivity contribution < 1.29 is 26.3 Å². The molecule has 0 unspecified atom stereocenters. The summed E-state index contributed by atoms with van der Waals surface area (Å²) in [7, 11) is 0. The molecule has 8 heteroatoms. The first kappa shape index (κ1) is 22.6. The summed E-state index contributed by atoms with van der Waals surface area (Å²) in [5.74, 6) is 0. The lowest BCUT2D eigenvalue weighted by atomic mass is 9.87. The first-order valence-electron chi connectivity index (χ1n) is 8.73. The van der Waals surface area contributed by atoms with Crippen LogP contribution in [0.3, 0.4) is 0 Å². The predicted octanol–water partition coefficient (Wildman–Crippen LogP) is 6.44. The van der Waals surface area contributed by atoms with Crippen molar-refractivity contribution in [3.63, 3.8) is 0 Å². The average molecular weight is 414 g/mol. The van der Waals surface area contributed by atoms with Crippen molar-refractivity contribution in [2.75, 3.05) is 11.4 Å². The van der Waals surface area contributed by atoms with E-state index < -0.39 is 30.0 Å². The lowest BCUT2D eigenvalue weighted by molar-refractivity contribution is -0.137. The maximum atomic E-state index is 13.2. The van der Waals surface area contributed by atoms with Crippen LogP contribution in [0.1, 0.15) is 43.0 Å². The van der Waals surface area contributed by atoms with E-state index in [1.54, 1.807) is 24.3 Å². The van der Waals surface area contributed by atoms with Crippen LogP contribution in [0.2, 0.25) is 0 Å². The van der Waals surface area contributed by atoms with Gasteiger partial charge in [-0.05, 0) is 34.7 Å². The second kappa shape index (κ2) is 7.97. The summed E-state index contributed by atoms with van der Waals surface area (Å²) in [5.41, 5.74) is -0.774. The maximum absolute atomic E-state index is 13.2. The Morgan fingerprint density at radius 1 is 0.897 bits per heavy atom. The smallest absolute Gasteiger partial charge is 0.358 e. The molecule has 0 N–H and O–H groups in total. The maximum Gasteiger partial charge on any atom is 0.417 e. The van der Waals surface area contributed by atoms with Crippen molar-refractivity contribution in [3.8, 4) is 6.07 Å². The molecule has 0 aliphatic rings. The van der Waals surface area contributed by atoms with E-state index in [0.29, 0.717) is 11.6 Å². The Labute approximate surface area is 165 Å². The highest BCUT2D eigenvalue weighted by atomic mass is 19.4. The molecule has 156 valence electrons. The van der Waals surface area contributed by atoms with Gasteiger partial charge >= 0.3 is 12.4 Å². The van der Waals surface area contributed by atoms with Crippen molar-refractivity contribution in [1.82, 2.24) is 0 Å². The van der Waals surface area contributed by atoms with Crippen LogP contribution in [0.4, 0.5) is 32.0 Å². The van der Waals surface area contributed by atoms with Gasteiger partial charge in [-0.2, -0.15) is 31.6 Å². The lowest BCUT2D eigenvalue weighted by Crippen LogP contribution is -2.34. The van der Waals surface area contributed by atoms with E-state index in [1.165, 1.54) is 6.07 Å². The minimum absolute atomic E-state index is 0.140. The van der Waals surface area contributed by atoms with Crippen LogP contribution in [0.5, 0.6) is 0 Å². The summed E-state index contributed by atoms with van der Waals surface area (Å²) in [6.45, 7) is 4.33. The Kier molecular flexibility index (Phi) is 6.21. The number of alkyl halides is 6. The van der Waals surface area contributed by atoms with E-state index >= 15 is 0 Å². The molecule has 0 atom stereocenters. The molecule has 0 amide bonds. The Hall–Kier alpha value is -2.69. The van der Waals surface area contributed by atoms with Gasteiger partial charge in [0.25, 0.3) is 0 Å². The van der Waals surface area contributed by atoms with E-state index in [9.17, 15) is 26.3 Å². The molecule has 0 bridgehead atoms. The third-order valence-electron chi connectivity index (χ3n) is 4.36. The monoisotopic (exact) mass is 414 g/mol. The molecule has 0 aliphatic heterocycles. The molecular weight excluding hydrogens is 394 g/mol. The Bertz CT molecular complexity index is 884. The first-order valence-corrected chi connectivity index (χ1v) is 8.73. The van der Waals surface area contributed by atoms with E-state index in [-0.39, 0.29) is 17.6 Å². The van der Waals surface area contributed by atoms with Gasteiger partial charge in [0.1, 0.15) is 6.54 Å². The Morgan fingerprint density at radius 2 is 1.48 bits per heavy atom. The zero-order chi connectivity index (χ0) is 22.0. The van der Waals surface area contributed by atoms with E-state index in [2.05, 4.69) is 0 Å². The summed E-state index contributed by atoms with van der Waals surface area (Å²) in [4.78, 5) is 0.822. The largest absolute Gasteiger partial charge is 0.417 e. The molecule has 0 saturated heterocycles. The number of benzene rings is 2. The number of hydrogen-bond donors (Lipinski definition) is 0. The molecule has 0 spiro atoms. The highest BCUT2D eigenvalue weighted by Crippen LogP contribution is 2.35. The fourth-order valence-electron chi connectivity index (χ4n) is 2.85. The highest BCUT2D eigenvalue weighted by Gasteiger charge is 2.36. The van der Waals surface area contributed by atoms with Gasteiger partial charge in [0.2, 0.25) is 0 Å². The summed E-state index contributed by atoms with van der Waals surface area (Å²) in [5, 5.41) is 8.88. The first-order chi connectivity index (χ1) is 13.2. The fraction of sp³-hybridized carbons (Fsp3) is 0.381. The van der Waals surface area contributed by atoms with Gasteiger partial charge in [0.15, 0.2) is 0 Å². The average Bonchev–Trinajstić information content (AvgIpc) is 2.58. The second-order valence-electron chi connectivity index (χ2n) is 7.76. The lowest BCUT2D eigenvalue weighted by Gasteiger charge is -2.27. The van der Waals surface area contributed by atoms with Gasteiger partial charge in [-0.3, -0.25) is 0 Å². The normalized spacial score (nSPS) is 12.6. The minimum Gasteiger partial charge on any atom is -0.358 e. The van der Waals surface area contributed by atoms with Gasteiger partial charge in [-0.25, -0.2) is 0 Å². The van der Waals surface area contributed by atoms with Gasteiger partial charge in [-0.15, -0.1) is 0 Å². The zero-order valence-electron chi connectivity index (χ0n) is 16.1. The number of anilines is 1. The highest BCUT2D eigenvalue weighted by molar-refractivity contribution is 5.55. The van der Waals surface area contributed by atoms with Crippen molar-refractivity contribution in [3.05, 3.63) is 64.7 Å². The van der Waals surface area contributed by atoms with Gasteiger partial charge in [-0.1, -0.05) is 45.0 Å². The predicted molar refractivity (Wildman–Crippen MR) is 98.4 cm³/mol. The topological polar surface area (TPSA) is 27.0 Å². The molecule has 0 fully saturated rings. The van der Waals surface area contributed by atoms with E-state index in [1.807, 2.05) is 20.8 Å². The molecule has 2 aromatic carbocycles. The Balaban J connectivity index is 2.43. The fourth-order valence-corrected chi connectivity index (χ4v) is 2.85. The van der Waals surface area contributed by atoms with Crippen molar-refractivity contribution in [2.45, 2.75) is 45.1 Å². The molecule has 0 heterocycles. The van der Waals surface area contributed by atoms with Crippen LogP contribution in [-0.2, 0) is 18.1 Å². The summed E-state index contributed by atoms with van der Waals surface area (Å²) >= 11 is 0. The molecule has 0 aliphatic carbocycles. The van der Waals surface area contributed by atoms with Gasteiger partial charge in [0, 0.05) is 12.2 Å². The van der Waals surface area contributed by atoms with Crippen LogP contribution in [0.15, 0.2) is 42.5 Å². The molecule has 0 radical (unpaired) electrons. The summed E-state index contributed by atoms with van der Waals surface area (Å²) in [6.07, 6.45) is -9.46.